The molecule has 0 amide bonds. The SMILES string of the molecule is CCN(Cc1ccco1)S(=O)(=O)c1cn[nH]c1C. The highest BCUT2D eigenvalue weighted by molar-refractivity contribution is 7.89. The molecule has 0 bridgehead atoms. The molecule has 0 fully saturated rings. The zero-order valence-corrected chi connectivity index (χ0v) is 11.1. The van der Waals surface area contributed by atoms with E-state index < -0.39 is 10.0 Å². The Bertz CT molecular complexity index is 601. The van der Waals surface area contributed by atoms with Crippen molar-refractivity contribution in [3.05, 3.63) is 36.0 Å². The Morgan fingerprint density at radius 2 is 2.28 bits per heavy atom. The first-order valence-corrected chi connectivity index (χ1v) is 7.02. The zero-order chi connectivity index (χ0) is 13.2. The van der Waals surface area contributed by atoms with Crippen LogP contribution in [0, 0.1) is 6.92 Å². The summed E-state index contributed by atoms with van der Waals surface area (Å²) in [7, 11) is -3.53. The van der Waals surface area contributed by atoms with Crippen LogP contribution in [0.1, 0.15) is 18.4 Å². The molecular weight excluding hydrogens is 254 g/mol. The molecule has 2 aromatic heterocycles. The van der Waals surface area contributed by atoms with E-state index in [9.17, 15) is 8.42 Å². The van der Waals surface area contributed by atoms with Crippen LogP contribution in [-0.4, -0.2) is 29.5 Å². The summed E-state index contributed by atoms with van der Waals surface area (Å²) in [6.45, 7) is 4.06. The molecule has 18 heavy (non-hydrogen) atoms. The predicted molar refractivity (Wildman–Crippen MR) is 65.3 cm³/mol. The Hall–Kier alpha value is -1.60. The van der Waals surface area contributed by atoms with Crippen molar-refractivity contribution in [1.29, 1.82) is 0 Å². The molecule has 0 aliphatic rings. The Morgan fingerprint density at radius 1 is 1.50 bits per heavy atom. The molecule has 0 saturated carbocycles. The van der Waals surface area contributed by atoms with Gasteiger partial charge in [0, 0.05) is 6.54 Å². The molecule has 98 valence electrons. The van der Waals surface area contributed by atoms with E-state index in [2.05, 4.69) is 10.2 Å². The van der Waals surface area contributed by atoms with E-state index in [1.165, 1.54) is 16.8 Å². The smallest absolute Gasteiger partial charge is 0.246 e. The van der Waals surface area contributed by atoms with Gasteiger partial charge in [-0.05, 0) is 19.1 Å². The highest BCUT2D eigenvalue weighted by Crippen LogP contribution is 2.19. The summed E-state index contributed by atoms with van der Waals surface area (Å²) in [5.74, 6) is 0.613. The Labute approximate surface area is 106 Å². The van der Waals surface area contributed by atoms with Crippen molar-refractivity contribution in [1.82, 2.24) is 14.5 Å². The quantitative estimate of drug-likeness (QED) is 0.892. The first-order chi connectivity index (χ1) is 8.55. The van der Waals surface area contributed by atoms with Gasteiger partial charge >= 0.3 is 0 Å². The summed E-state index contributed by atoms with van der Waals surface area (Å²) < 4.78 is 31.3. The normalized spacial score (nSPS) is 12.2. The molecule has 0 aliphatic carbocycles. The summed E-state index contributed by atoms with van der Waals surface area (Å²) in [4.78, 5) is 0.205. The van der Waals surface area contributed by atoms with Crippen LogP contribution in [0.3, 0.4) is 0 Å². The fraction of sp³-hybridized carbons (Fsp3) is 0.364. The maximum absolute atomic E-state index is 12.4. The standard InChI is InChI=1S/C11H15N3O3S/c1-3-14(8-10-5-4-6-17-10)18(15,16)11-7-12-13-9(11)2/h4-7H,3,8H2,1-2H3,(H,12,13). The van der Waals surface area contributed by atoms with Crippen molar-refractivity contribution in [3.63, 3.8) is 0 Å². The van der Waals surface area contributed by atoms with Crippen LogP contribution in [0.2, 0.25) is 0 Å². The minimum Gasteiger partial charge on any atom is -0.468 e. The molecule has 0 aliphatic heterocycles. The monoisotopic (exact) mass is 269 g/mol. The van der Waals surface area contributed by atoms with Crippen molar-refractivity contribution in [2.24, 2.45) is 0 Å². The van der Waals surface area contributed by atoms with Gasteiger partial charge in [-0.25, -0.2) is 8.42 Å². The van der Waals surface area contributed by atoms with Crippen LogP contribution in [0.25, 0.3) is 0 Å². The number of nitrogens with zero attached hydrogens (tertiary/aromatic N) is 2. The minimum absolute atomic E-state index is 0.205. The first kappa shape index (κ1) is 12.8. The lowest BCUT2D eigenvalue weighted by atomic mass is 10.4. The van der Waals surface area contributed by atoms with E-state index in [0.29, 0.717) is 18.0 Å². The van der Waals surface area contributed by atoms with Crippen LogP contribution >= 0.6 is 0 Å². The lowest BCUT2D eigenvalue weighted by molar-refractivity contribution is 0.375. The number of aryl methyl sites for hydroxylation is 1. The number of aromatic amines is 1. The van der Waals surface area contributed by atoms with E-state index in [0.717, 1.165) is 0 Å². The van der Waals surface area contributed by atoms with Crippen molar-refractivity contribution in [2.75, 3.05) is 6.54 Å². The minimum atomic E-state index is -3.53. The summed E-state index contributed by atoms with van der Waals surface area (Å²) >= 11 is 0. The number of sulfonamides is 1. The Kier molecular flexibility index (Phi) is 3.53. The number of nitrogens with one attached hydrogen (secondary N) is 1. The molecule has 0 aromatic carbocycles. The van der Waals surface area contributed by atoms with E-state index in [1.54, 1.807) is 26.0 Å². The second-order valence-corrected chi connectivity index (χ2v) is 5.78. The van der Waals surface area contributed by atoms with Gasteiger partial charge in [0.2, 0.25) is 10.0 Å². The molecule has 0 saturated heterocycles. The summed E-state index contributed by atoms with van der Waals surface area (Å²) in [6.07, 6.45) is 2.86. The predicted octanol–water partition coefficient (Wildman–Crippen LogP) is 1.52. The summed E-state index contributed by atoms with van der Waals surface area (Å²) in [5.41, 5.74) is 0.535. The number of rotatable bonds is 5. The molecule has 2 rings (SSSR count). The van der Waals surface area contributed by atoms with Gasteiger partial charge in [0.05, 0.1) is 24.7 Å². The topological polar surface area (TPSA) is 79.2 Å². The number of aromatic nitrogens is 2. The number of furan rings is 1. The van der Waals surface area contributed by atoms with Crippen LogP contribution in [0.4, 0.5) is 0 Å². The van der Waals surface area contributed by atoms with Gasteiger partial charge < -0.3 is 4.42 Å². The van der Waals surface area contributed by atoms with Gasteiger partial charge in [-0.3, -0.25) is 5.10 Å². The van der Waals surface area contributed by atoms with Gasteiger partial charge in [0.25, 0.3) is 0 Å². The largest absolute Gasteiger partial charge is 0.468 e. The third-order valence-electron chi connectivity index (χ3n) is 2.67. The summed E-state index contributed by atoms with van der Waals surface area (Å²) in [5, 5.41) is 6.38. The fourth-order valence-corrected chi connectivity index (χ4v) is 3.22. The highest BCUT2D eigenvalue weighted by atomic mass is 32.2. The maximum Gasteiger partial charge on any atom is 0.246 e. The van der Waals surface area contributed by atoms with Crippen LogP contribution in [-0.2, 0) is 16.6 Å². The zero-order valence-electron chi connectivity index (χ0n) is 10.3. The van der Waals surface area contributed by atoms with Gasteiger partial charge in [-0.15, -0.1) is 0 Å². The molecule has 0 unspecified atom stereocenters. The lowest BCUT2D eigenvalue weighted by Gasteiger charge is -2.18. The highest BCUT2D eigenvalue weighted by Gasteiger charge is 2.26. The van der Waals surface area contributed by atoms with Crippen LogP contribution in [0.15, 0.2) is 33.9 Å². The van der Waals surface area contributed by atoms with Crippen LogP contribution in [0.5, 0.6) is 0 Å². The van der Waals surface area contributed by atoms with Gasteiger partial charge in [-0.1, -0.05) is 6.92 Å². The molecule has 1 N–H and O–H groups in total. The Balaban J connectivity index is 2.30. The van der Waals surface area contributed by atoms with E-state index in [1.807, 2.05) is 0 Å². The lowest BCUT2D eigenvalue weighted by Crippen LogP contribution is -2.30. The van der Waals surface area contributed by atoms with E-state index in [4.69, 9.17) is 4.42 Å². The molecule has 2 aromatic rings. The van der Waals surface area contributed by atoms with Crippen LogP contribution < -0.4 is 0 Å². The third-order valence-corrected chi connectivity index (χ3v) is 4.70. The van der Waals surface area contributed by atoms with E-state index in [-0.39, 0.29) is 11.4 Å². The van der Waals surface area contributed by atoms with Gasteiger partial charge in [-0.2, -0.15) is 9.40 Å². The van der Waals surface area contributed by atoms with Gasteiger partial charge in [0.1, 0.15) is 10.7 Å². The second-order valence-electron chi connectivity index (χ2n) is 3.87. The van der Waals surface area contributed by atoms with Gasteiger partial charge in [0.15, 0.2) is 0 Å². The average Bonchev–Trinajstić information content (AvgIpc) is 2.96. The molecule has 7 heteroatoms. The first-order valence-electron chi connectivity index (χ1n) is 5.58. The maximum atomic E-state index is 12.4. The number of hydrogen-bond donors (Lipinski definition) is 1. The van der Waals surface area contributed by atoms with Crippen molar-refractivity contribution < 1.29 is 12.8 Å². The number of hydrogen-bond acceptors (Lipinski definition) is 4. The third kappa shape index (κ3) is 2.32. The molecule has 0 atom stereocenters. The number of H-pyrrole nitrogens is 1. The fourth-order valence-electron chi connectivity index (χ4n) is 1.68. The Morgan fingerprint density at radius 3 is 2.78 bits per heavy atom. The molecule has 2 heterocycles. The molecule has 0 radical (unpaired) electrons. The molecular formula is C11H15N3O3S. The van der Waals surface area contributed by atoms with E-state index >= 15 is 0 Å². The van der Waals surface area contributed by atoms with Crippen molar-refractivity contribution >= 4 is 10.0 Å². The molecule has 6 nitrogen and oxygen atoms in total. The molecule has 0 spiro atoms. The second kappa shape index (κ2) is 4.95. The van der Waals surface area contributed by atoms with Crippen molar-refractivity contribution in [2.45, 2.75) is 25.3 Å². The average molecular weight is 269 g/mol. The van der Waals surface area contributed by atoms with Crippen molar-refractivity contribution in [3.8, 4) is 0 Å². The summed E-state index contributed by atoms with van der Waals surface area (Å²) in [6, 6.07) is 3.49.